The minimum absolute atomic E-state index is 0.107. The Kier molecular flexibility index (Phi) is 6.16. The number of halogens is 2. The fourth-order valence-electron chi connectivity index (χ4n) is 1.88. The van der Waals surface area contributed by atoms with E-state index in [1.807, 2.05) is 12.1 Å². The lowest BCUT2D eigenvalue weighted by Gasteiger charge is -2.10. The van der Waals surface area contributed by atoms with Gasteiger partial charge in [0.2, 0.25) is 5.76 Å². The molecule has 0 saturated heterocycles. The molecular weight excluding hydrogens is 526 g/mol. The number of hydrogen-bond donors (Lipinski definition) is 0. The van der Waals surface area contributed by atoms with Crippen molar-refractivity contribution < 1.29 is 14.2 Å². The molecule has 0 atom stereocenters. The number of benzene rings is 1. The minimum Gasteiger partial charge on any atom is -0.488 e. The summed E-state index contributed by atoms with van der Waals surface area (Å²) in [4.78, 5) is 10.6. The molecule has 0 spiro atoms. The van der Waals surface area contributed by atoms with E-state index in [9.17, 15) is 10.1 Å². The lowest BCUT2D eigenvalue weighted by molar-refractivity contribution is -0.386. The molecule has 2 aromatic rings. The highest BCUT2D eigenvalue weighted by molar-refractivity contribution is 14.1. The second kappa shape index (κ2) is 7.90. The van der Waals surface area contributed by atoms with Crippen LogP contribution >= 0.6 is 45.2 Å². The standard InChI is InChI=1S/C15H12I2N2O4/c1-3-6-22-15-10(7-11(16)8-12(15)17)4-5-13-14(19(20)21)9(2)18-23-13/h3-5,7-8H,1,6H2,2H3/b5-4-. The normalized spacial score (nSPS) is 10.9. The van der Waals surface area contributed by atoms with Gasteiger partial charge in [0.25, 0.3) is 0 Å². The summed E-state index contributed by atoms with van der Waals surface area (Å²) in [5.41, 5.74) is 0.914. The van der Waals surface area contributed by atoms with E-state index < -0.39 is 4.92 Å². The van der Waals surface area contributed by atoms with Crippen molar-refractivity contribution in [2.24, 2.45) is 0 Å². The molecular formula is C15H12I2N2O4. The van der Waals surface area contributed by atoms with Gasteiger partial charge in [-0.2, -0.15) is 0 Å². The predicted octanol–water partition coefficient (Wildman–Crippen LogP) is 4.84. The number of nitrogens with zero attached hydrogens (tertiary/aromatic N) is 2. The molecule has 0 unspecified atom stereocenters. The largest absolute Gasteiger partial charge is 0.488 e. The Hall–Kier alpha value is -1.43. The fraction of sp³-hybridized carbons (Fsp3) is 0.133. The Morgan fingerprint density at radius 1 is 1.43 bits per heavy atom. The fourth-order valence-corrected chi connectivity index (χ4v) is 3.92. The second-order valence-electron chi connectivity index (χ2n) is 4.48. The van der Waals surface area contributed by atoms with E-state index in [0.29, 0.717) is 12.4 Å². The molecule has 1 aromatic carbocycles. The molecule has 0 aliphatic carbocycles. The summed E-state index contributed by atoms with van der Waals surface area (Å²) in [7, 11) is 0. The summed E-state index contributed by atoms with van der Waals surface area (Å²) in [6.07, 6.45) is 4.91. The van der Waals surface area contributed by atoms with Crippen LogP contribution < -0.4 is 4.74 Å². The zero-order valence-corrected chi connectivity index (χ0v) is 16.4. The maximum atomic E-state index is 11.1. The number of nitro groups is 1. The zero-order chi connectivity index (χ0) is 17.0. The molecule has 120 valence electrons. The third kappa shape index (κ3) is 4.31. The highest BCUT2D eigenvalue weighted by Gasteiger charge is 2.22. The summed E-state index contributed by atoms with van der Waals surface area (Å²) >= 11 is 4.39. The molecule has 0 aliphatic rings. The van der Waals surface area contributed by atoms with Crippen LogP contribution in [0.3, 0.4) is 0 Å². The van der Waals surface area contributed by atoms with Crippen molar-refractivity contribution in [2.45, 2.75) is 6.92 Å². The number of aromatic nitrogens is 1. The van der Waals surface area contributed by atoms with Crippen LogP contribution in [0, 0.1) is 24.2 Å². The Morgan fingerprint density at radius 3 is 2.83 bits per heavy atom. The summed E-state index contributed by atoms with van der Waals surface area (Å²) < 4.78 is 12.7. The molecule has 0 saturated carbocycles. The Bertz CT molecular complexity index is 784. The molecule has 1 heterocycles. The van der Waals surface area contributed by atoms with Gasteiger partial charge in [-0.15, -0.1) is 0 Å². The van der Waals surface area contributed by atoms with Gasteiger partial charge in [-0.3, -0.25) is 10.1 Å². The van der Waals surface area contributed by atoms with Gasteiger partial charge in [0.1, 0.15) is 12.4 Å². The molecule has 23 heavy (non-hydrogen) atoms. The minimum atomic E-state index is -0.501. The molecule has 1 aromatic heterocycles. The van der Waals surface area contributed by atoms with E-state index >= 15 is 0 Å². The molecule has 6 nitrogen and oxygen atoms in total. The van der Waals surface area contributed by atoms with Gasteiger partial charge in [0.15, 0.2) is 5.69 Å². The SMILES string of the molecule is C=CCOc1c(I)cc(I)cc1/C=C\c1onc(C)c1[N+](=O)[O-]. The third-order valence-corrected chi connectivity index (χ3v) is 4.26. The van der Waals surface area contributed by atoms with Crippen molar-refractivity contribution in [1.82, 2.24) is 5.16 Å². The first-order chi connectivity index (χ1) is 10.9. The van der Waals surface area contributed by atoms with Crippen LogP contribution in [0.1, 0.15) is 17.0 Å². The highest BCUT2D eigenvalue weighted by Crippen LogP contribution is 2.31. The van der Waals surface area contributed by atoms with Gasteiger partial charge in [-0.05, 0) is 76.4 Å². The summed E-state index contributed by atoms with van der Waals surface area (Å²) in [5, 5.41) is 14.7. The van der Waals surface area contributed by atoms with E-state index in [0.717, 1.165) is 12.7 Å². The zero-order valence-electron chi connectivity index (χ0n) is 12.1. The molecule has 0 fully saturated rings. The molecule has 0 aliphatic heterocycles. The lowest BCUT2D eigenvalue weighted by Crippen LogP contribution is -1.98. The molecule has 0 bridgehead atoms. The molecule has 2 rings (SSSR count). The van der Waals surface area contributed by atoms with Gasteiger partial charge in [0.05, 0.1) is 8.49 Å². The van der Waals surface area contributed by atoms with Gasteiger partial charge in [0, 0.05) is 9.13 Å². The van der Waals surface area contributed by atoms with Crippen LogP contribution in [0.2, 0.25) is 0 Å². The average molecular weight is 538 g/mol. The molecule has 0 radical (unpaired) electrons. The van der Waals surface area contributed by atoms with Gasteiger partial charge < -0.3 is 9.26 Å². The van der Waals surface area contributed by atoms with Crippen LogP contribution in [-0.4, -0.2) is 16.7 Å². The second-order valence-corrected chi connectivity index (χ2v) is 6.88. The first-order valence-corrected chi connectivity index (χ1v) is 8.61. The van der Waals surface area contributed by atoms with Gasteiger partial charge >= 0.3 is 5.69 Å². The van der Waals surface area contributed by atoms with Crippen molar-refractivity contribution >= 4 is 63.0 Å². The van der Waals surface area contributed by atoms with Crippen LogP contribution in [0.25, 0.3) is 12.2 Å². The molecule has 0 N–H and O–H groups in total. The van der Waals surface area contributed by atoms with Gasteiger partial charge in [-0.25, -0.2) is 0 Å². The van der Waals surface area contributed by atoms with Crippen molar-refractivity contribution in [1.29, 1.82) is 0 Å². The number of aryl methyl sites for hydroxylation is 1. The number of ether oxygens (including phenoxy) is 1. The number of rotatable bonds is 6. The van der Waals surface area contributed by atoms with Crippen LogP contribution in [0.15, 0.2) is 29.3 Å². The highest BCUT2D eigenvalue weighted by atomic mass is 127. The van der Waals surface area contributed by atoms with Crippen molar-refractivity contribution in [3.8, 4) is 5.75 Å². The predicted molar refractivity (Wildman–Crippen MR) is 104 cm³/mol. The smallest absolute Gasteiger partial charge is 0.338 e. The summed E-state index contributed by atoms with van der Waals surface area (Å²) in [6.45, 7) is 5.54. The van der Waals surface area contributed by atoms with E-state index in [-0.39, 0.29) is 17.1 Å². The maximum absolute atomic E-state index is 11.1. The Balaban J connectivity index is 2.43. The van der Waals surface area contributed by atoms with Crippen LogP contribution in [0.4, 0.5) is 5.69 Å². The van der Waals surface area contributed by atoms with E-state index in [4.69, 9.17) is 9.26 Å². The first kappa shape index (κ1) is 17.9. The van der Waals surface area contributed by atoms with E-state index in [1.54, 1.807) is 12.2 Å². The Labute approximate surface area is 160 Å². The van der Waals surface area contributed by atoms with E-state index in [1.165, 1.54) is 13.0 Å². The summed E-state index contributed by atoms with van der Waals surface area (Å²) in [5.74, 6) is 0.803. The summed E-state index contributed by atoms with van der Waals surface area (Å²) in [6, 6.07) is 3.91. The number of hydrogen-bond acceptors (Lipinski definition) is 5. The topological polar surface area (TPSA) is 78.4 Å². The Morgan fingerprint density at radius 2 is 2.17 bits per heavy atom. The molecule has 0 amide bonds. The lowest BCUT2D eigenvalue weighted by atomic mass is 10.1. The maximum Gasteiger partial charge on any atom is 0.338 e. The average Bonchev–Trinajstić information content (AvgIpc) is 2.85. The van der Waals surface area contributed by atoms with Crippen molar-refractivity contribution in [2.75, 3.05) is 6.61 Å². The van der Waals surface area contributed by atoms with Crippen LogP contribution in [-0.2, 0) is 0 Å². The van der Waals surface area contributed by atoms with E-state index in [2.05, 4.69) is 56.9 Å². The third-order valence-electron chi connectivity index (χ3n) is 2.84. The van der Waals surface area contributed by atoms with Crippen molar-refractivity contribution in [3.05, 3.63) is 59.1 Å². The van der Waals surface area contributed by atoms with Crippen molar-refractivity contribution in [3.63, 3.8) is 0 Å². The molecule has 8 heteroatoms. The monoisotopic (exact) mass is 538 g/mol. The quantitative estimate of drug-likeness (QED) is 0.228. The first-order valence-electron chi connectivity index (χ1n) is 6.45. The van der Waals surface area contributed by atoms with Gasteiger partial charge in [-0.1, -0.05) is 17.8 Å². The van der Waals surface area contributed by atoms with Crippen LogP contribution in [0.5, 0.6) is 5.75 Å².